The second kappa shape index (κ2) is 3.70. The number of rotatable bonds is 4. The number of carboxylic acid groups (broad SMARTS) is 1. The molecule has 0 aliphatic heterocycles. The lowest BCUT2D eigenvalue weighted by molar-refractivity contribution is -0.134. The van der Waals surface area contributed by atoms with E-state index in [0.717, 1.165) is 6.54 Å². The van der Waals surface area contributed by atoms with E-state index in [4.69, 9.17) is 5.11 Å². The first-order valence-electron chi connectivity index (χ1n) is 3.58. The first-order valence-corrected chi connectivity index (χ1v) is 3.58. The highest BCUT2D eigenvalue weighted by molar-refractivity contribution is 5.72. The van der Waals surface area contributed by atoms with Crippen molar-refractivity contribution in [3.8, 4) is 0 Å². The third kappa shape index (κ3) is 2.22. The van der Waals surface area contributed by atoms with Crippen molar-refractivity contribution in [3.63, 3.8) is 0 Å². The molecule has 0 aromatic carbocycles. The van der Waals surface area contributed by atoms with Gasteiger partial charge in [0.15, 0.2) is 5.82 Å². The Labute approximate surface area is 69.2 Å². The van der Waals surface area contributed by atoms with E-state index < -0.39 is 5.97 Å². The number of aromatic nitrogens is 3. The molecule has 0 aliphatic rings. The summed E-state index contributed by atoms with van der Waals surface area (Å²) >= 11 is 0. The molecule has 66 valence electrons. The Morgan fingerprint density at radius 1 is 1.83 bits per heavy atom. The van der Waals surface area contributed by atoms with Crippen LogP contribution in [0.5, 0.6) is 0 Å². The zero-order valence-corrected chi connectivity index (χ0v) is 6.69. The van der Waals surface area contributed by atoms with Crippen LogP contribution < -0.4 is 5.32 Å². The van der Waals surface area contributed by atoms with Crippen molar-refractivity contribution in [2.45, 2.75) is 13.5 Å². The van der Waals surface area contributed by atoms with Gasteiger partial charge in [0.2, 0.25) is 0 Å². The molecule has 0 radical (unpaired) electrons. The minimum atomic E-state index is -0.916. The smallest absolute Gasteiger partial charge is 0.322 e. The maximum Gasteiger partial charge on any atom is 0.322 e. The molecule has 6 heteroatoms. The fourth-order valence-electron chi connectivity index (χ4n) is 0.700. The molecule has 0 unspecified atom stereocenters. The average molecular weight is 170 g/mol. The van der Waals surface area contributed by atoms with Gasteiger partial charge in [-0.05, 0) is 6.92 Å². The number of aryl methyl sites for hydroxylation is 1. The van der Waals surface area contributed by atoms with E-state index in [1.165, 1.54) is 0 Å². The van der Waals surface area contributed by atoms with Crippen molar-refractivity contribution in [2.75, 3.05) is 11.9 Å². The third-order valence-electron chi connectivity index (χ3n) is 1.28. The van der Waals surface area contributed by atoms with Gasteiger partial charge in [-0.25, -0.2) is 0 Å². The third-order valence-corrected chi connectivity index (χ3v) is 1.28. The Bertz CT molecular complexity index is 270. The predicted molar refractivity (Wildman–Crippen MR) is 41.8 cm³/mol. The highest BCUT2D eigenvalue weighted by Crippen LogP contribution is 1.97. The van der Waals surface area contributed by atoms with E-state index in [1.54, 1.807) is 10.9 Å². The molecule has 0 spiro atoms. The molecule has 0 aliphatic carbocycles. The quantitative estimate of drug-likeness (QED) is 0.653. The molecular formula is C6H10N4O2. The Morgan fingerprint density at radius 3 is 3.08 bits per heavy atom. The van der Waals surface area contributed by atoms with Crippen LogP contribution in [0.3, 0.4) is 0 Å². The van der Waals surface area contributed by atoms with Gasteiger partial charge >= 0.3 is 5.97 Å². The van der Waals surface area contributed by atoms with Crippen molar-refractivity contribution in [2.24, 2.45) is 0 Å². The van der Waals surface area contributed by atoms with Crippen LogP contribution in [0.15, 0.2) is 6.20 Å². The topological polar surface area (TPSA) is 80.0 Å². The van der Waals surface area contributed by atoms with Crippen LogP contribution in [-0.2, 0) is 11.3 Å². The molecule has 0 bridgehead atoms. The van der Waals surface area contributed by atoms with E-state index in [1.807, 2.05) is 6.92 Å². The summed E-state index contributed by atoms with van der Waals surface area (Å²) in [6, 6.07) is 0. The monoisotopic (exact) mass is 170 g/mol. The Kier molecular flexibility index (Phi) is 2.62. The van der Waals surface area contributed by atoms with Gasteiger partial charge in [-0.1, -0.05) is 5.21 Å². The molecule has 2 N–H and O–H groups in total. The molecule has 0 saturated heterocycles. The lowest BCUT2D eigenvalue weighted by Crippen LogP contribution is -2.12. The zero-order chi connectivity index (χ0) is 8.97. The lowest BCUT2D eigenvalue weighted by Gasteiger charge is -1.94. The van der Waals surface area contributed by atoms with Crippen LogP contribution in [0.1, 0.15) is 6.92 Å². The van der Waals surface area contributed by atoms with Gasteiger partial charge < -0.3 is 10.4 Å². The van der Waals surface area contributed by atoms with Gasteiger partial charge in [0.1, 0.15) is 6.54 Å². The zero-order valence-electron chi connectivity index (χ0n) is 6.69. The Morgan fingerprint density at radius 2 is 2.58 bits per heavy atom. The number of nitrogens with zero attached hydrogens (tertiary/aromatic N) is 3. The van der Waals surface area contributed by atoms with Crippen LogP contribution in [0.2, 0.25) is 0 Å². The van der Waals surface area contributed by atoms with Crippen molar-refractivity contribution in [1.29, 1.82) is 0 Å². The van der Waals surface area contributed by atoms with Crippen molar-refractivity contribution in [1.82, 2.24) is 15.0 Å². The van der Waals surface area contributed by atoms with Gasteiger partial charge in [0.25, 0.3) is 0 Å². The average Bonchev–Trinajstić information content (AvgIpc) is 2.48. The largest absolute Gasteiger partial charge is 0.480 e. The number of nitrogens with one attached hydrogen (secondary N) is 1. The molecule has 0 fully saturated rings. The van der Waals surface area contributed by atoms with Gasteiger partial charge in [-0.15, -0.1) is 5.10 Å². The summed E-state index contributed by atoms with van der Waals surface area (Å²) in [4.78, 5) is 10.1. The summed E-state index contributed by atoms with van der Waals surface area (Å²) in [6.45, 7) is 2.51. The number of carboxylic acids is 1. The van der Waals surface area contributed by atoms with Crippen molar-refractivity contribution >= 4 is 11.8 Å². The molecule has 1 rings (SSSR count). The summed E-state index contributed by atoms with van der Waals surface area (Å²) in [5.74, 6) is -0.430. The van der Waals surface area contributed by atoms with Crippen LogP contribution in [0, 0.1) is 0 Å². The summed E-state index contributed by atoms with van der Waals surface area (Å²) in [6.07, 6.45) is 1.66. The number of aliphatic carboxylic acids is 1. The number of anilines is 1. The minimum Gasteiger partial charge on any atom is -0.480 e. The minimum absolute atomic E-state index is 0.137. The molecule has 1 heterocycles. The molecule has 0 saturated carbocycles. The SMILES string of the molecule is CCn1cc(NCC(=O)O)nn1. The highest BCUT2D eigenvalue weighted by Gasteiger charge is 2.00. The van der Waals surface area contributed by atoms with E-state index >= 15 is 0 Å². The summed E-state index contributed by atoms with van der Waals surface area (Å²) in [5, 5.41) is 18.3. The number of carbonyl (C=O) groups is 1. The summed E-state index contributed by atoms with van der Waals surface area (Å²) < 4.78 is 1.62. The second-order valence-electron chi connectivity index (χ2n) is 2.21. The van der Waals surface area contributed by atoms with E-state index in [2.05, 4.69) is 15.6 Å². The lowest BCUT2D eigenvalue weighted by atomic mass is 10.6. The maximum absolute atomic E-state index is 10.1. The first kappa shape index (κ1) is 8.51. The highest BCUT2D eigenvalue weighted by atomic mass is 16.4. The number of hydrogen-bond donors (Lipinski definition) is 2. The van der Waals surface area contributed by atoms with Crippen LogP contribution in [-0.4, -0.2) is 32.6 Å². The maximum atomic E-state index is 10.1. The van der Waals surface area contributed by atoms with Crippen LogP contribution >= 0.6 is 0 Å². The molecule has 0 atom stereocenters. The number of hydrogen-bond acceptors (Lipinski definition) is 4. The predicted octanol–water partition coefficient (Wildman–Crippen LogP) is -0.206. The molecule has 6 nitrogen and oxygen atoms in total. The molecule has 1 aromatic rings. The first-order chi connectivity index (χ1) is 5.72. The van der Waals surface area contributed by atoms with Gasteiger partial charge in [-0.2, -0.15) is 0 Å². The van der Waals surface area contributed by atoms with Gasteiger partial charge in [0.05, 0.1) is 6.20 Å². The molecular weight excluding hydrogens is 160 g/mol. The summed E-state index contributed by atoms with van der Waals surface area (Å²) in [5.41, 5.74) is 0. The van der Waals surface area contributed by atoms with E-state index in [9.17, 15) is 4.79 Å². The molecule has 1 aromatic heterocycles. The van der Waals surface area contributed by atoms with Crippen molar-refractivity contribution in [3.05, 3.63) is 6.20 Å². The normalized spacial score (nSPS) is 9.75. The Hall–Kier alpha value is -1.59. The van der Waals surface area contributed by atoms with Crippen LogP contribution in [0.4, 0.5) is 5.82 Å². The molecule has 0 amide bonds. The van der Waals surface area contributed by atoms with Crippen LogP contribution in [0.25, 0.3) is 0 Å². The van der Waals surface area contributed by atoms with E-state index in [0.29, 0.717) is 5.82 Å². The standard InChI is InChI=1S/C6H10N4O2/c1-2-10-4-5(8-9-10)7-3-6(11)12/h4,7H,2-3H2,1H3,(H,11,12). The van der Waals surface area contributed by atoms with Gasteiger partial charge in [0, 0.05) is 6.54 Å². The Balaban J connectivity index is 2.47. The second-order valence-corrected chi connectivity index (χ2v) is 2.21. The van der Waals surface area contributed by atoms with Gasteiger partial charge in [-0.3, -0.25) is 9.48 Å². The fraction of sp³-hybridized carbons (Fsp3) is 0.500. The fourth-order valence-corrected chi connectivity index (χ4v) is 0.700. The molecule has 12 heavy (non-hydrogen) atoms. The summed E-state index contributed by atoms with van der Waals surface area (Å²) in [7, 11) is 0. The van der Waals surface area contributed by atoms with Crippen molar-refractivity contribution < 1.29 is 9.90 Å². The van der Waals surface area contributed by atoms with E-state index in [-0.39, 0.29) is 6.54 Å².